The van der Waals surface area contributed by atoms with Crippen LogP contribution in [0.2, 0.25) is 0 Å². The van der Waals surface area contributed by atoms with Crippen LogP contribution in [0.25, 0.3) is 17.0 Å². The van der Waals surface area contributed by atoms with E-state index in [1.165, 1.54) is 19.7 Å². The predicted molar refractivity (Wildman–Crippen MR) is 86.9 cm³/mol. The molecule has 0 amide bonds. The maximum atomic E-state index is 11.9. The number of fused-ring (bicyclic) bond motifs is 1. The average molecular weight is 344 g/mol. The van der Waals surface area contributed by atoms with Crippen molar-refractivity contribution < 1.29 is 8.42 Å². The molecule has 1 fully saturated rings. The Morgan fingerprint density at radius 2 is 2.00 bits per heavy atom. The molecule has 0 aliphatic heterocycles. The Morgan fingerprint density at radius 3 is 2.71 bits per heavy atom. The van der Waals surface area contributed by atoms with Crippen LogP contribution in [0.1, 0.15) is 30.7 Å². The molecule has 124 valence electrons. The van der Waals surface area contributed by atoms with E-state index in [4.69, 9.17) is 0 Å². The van der Waals surface area contributed by atoms with E-state index in [1.54, 1.807) is 16.6 Å². The summed E-state index contributed by atoms with van der Waals surface area (Å²) in [5, 5.41) is 4.08. The van der Waals surface area contributed by atoms with Crippen LogP contribution in [-0.2, 0) is 10.0 Å². The molecule has 1 aliphatic rings. The van der Waals surface area contributed by atoms with Gasteiger partial charge in [0.05, 0.1) is 17.6 Å². The standard InChI is InChI=1S/C15H16N6O2S/c1-16-24(22,23)15-17-7-5-12(20-15)13-6-8-21-14(19-13)11(9-18-21)10-3-2-4-10/h5-10,16H,2-4H2,1H3. The van der Waals surface area contributed by atoms with Crippen molar-refractivity contribution in [3.8, 4) is 11.4 Å². The van der Waals surface area contributed by atoms with Crippen LogP contribution in [0.4, 0.5) is 0 Å². The van der Waals surface area contributed by atoms with Gasteiger partial charge in [0.2, 0.25) is 0 Å². The first-order valence-corrected chi connectivity index (χ1v) is 9.18. The second-order valence-electron chi connectivity index (χ2n) is 5.74. The molecule has 0 atom stereocenters. The van der Waals surface area contributed by atoms with Crippen LogP contribution >= 0.6 is 0 Å². The number of rotatable bonds is 4. The van der Waals surface area contributed by atoms with Gasteiger partial charge in [0.25, 0.3) is 15.2 Å². The molecule has 0 bridgehead atoms. The monoisotopic (exact) mass is 344 g/mol. The van der Waals surface area contributed by atoms with Gasteiger partial charge in [-0.3, -0.25) is 0 Å². The number of hydrogen-bond donors (Lipinski definition) is 1. The lowest BCUT2D eigenvalue weighted by Gasteiger charge is -2.24. The lowest BCUT2D eigenvalue weighted by atomic mass is 9.81. The number of aromatic nitrogens is 5. The molecule has 3 aromatic rings. The zero-order valence-corrected chi connectivity index (χ0v) is 13.9. The van der Waals surface area contributed by atoms with E-state index in [0.29, 0.717) is 17.3 Å². The third-order valence-corrected chi connectivity index (χ3v) is 5.56. The Hall–Kier alpha value is -2.39. The van der Waals surface area contributed by atoms with Gasteiger partial charge >= 0.3 is 0 Å². The molecule has 1 N–H and O–H groups in total. The highest BCUT2D eigenvalue weighted by atomic mass is 32.2. The van der Waals surface area contributed by atoms with Gasteiger partial charge in [-0.25, -0.2) is 32.6 Å². The lowest BCUT2D eigenvalue weighted by Crippen LogP contribution is -2.21. The van der Waals surface area contributed by atoms with Gasteiger partial charge in [0.15, 0.2) is 5.65 Å². The van der Waals surface area contributed by atoms with Crippen LogP contribution in [0.3, 0.4) is 0 Å². The third-order valence-electron chi connectivity index (χ3n) is 4.35. The molecule has 0 saturated heterocycles. The second-order valence-corrected chi connectivity index (χ2v) is 7.52. The van der Waals surface area contributed by atoms with E-state index in [2.05, 4.69) is 24.8 Å². The van der Waals surface area contributed by atoms with Gasteiger partial charge in [-0.15, -0.1) is 0 Å². The highest BCUT2D eigenvalue weighted by molar-refractivity contribution is 7.89. The van der Waals surface area contributed by atoms with Gasteiger partial charge < -0.3 is 0 Å². The lowest BCUT2D eigenvalue weighted by molar-refractivity contribution is 0.421. The molecule has 24 heavy (non-hydrogen) atoms. The van der Waals surface area contributed by atoms with E-state index < -0.39 is 10.0 Å². The first kappa shape index (κ1) is 15.2. The normalized spacial score (nSPS) is 15.5. The molecule has 1 aliphatic carbocycles. The second kappa shape index (κ2) is 5.60. The number of hydrogen-bond acceptors (Lipinski definition) is 6. The van der Waals surface area contributed by atoms with Crippen molar-refractivity contribution in [2.24, 2.45) is 0 Å². The summed E-state index contributed by atoms with van der Waals surface area (Å²) in [7, 11) is -2.37. The molecule has 3 aromatic heterocycles. The first-order valence-electron chi connectivity index (χ1n) is 7.70. The summed E-state index contributed by atoms with van der Waals surface area (Å²) < 4.78 is 27.7. The van der Waals surface area contributed by atoms with Crippen LogP contribution in [0.5, 0.6) is 0 Å². The SMILES string of the molecule is CNS(=O)(=O)c1nccc(-c2ccn3ncc(C4CCC4)c3n2)n1. The van der Waals surface area contributed by atoms with E-state index in [0.717, 1.165) is 24.1 Å². The zero-order valence-electron chi connectivity index (χ0n) is 13.0. The van der Waals surface area contributed by atoms with Crippen molar-refractivity contribution in [1.82, 2.24) is 29.3 Å². The van der Waals surface area contributed by atoms with Crippen molar-refractivity contribution >= 4 is 15.7 Å². The summed E-state index contributed by atoms with van der Waals surface area (Å²) in [5.41, 5.74) is 3.00. The largest absolute Gasteiger partial charge is 0.276 e. The molecule has 4 rings (SSSR count). The number of sulfonamides is 1. The predicted octanol–water partition coefficient (Wildman–Crippen LogP) is 1.36. The molecule has 0 radical (unpaired) electrons. The average Bonchev–Trinajstić information content (AvgIpc) is 2.96. The quantitative estimate of drug-likeness (QED) is 0.717. The van der Waals surface area contributed by atoms with E-state index in [-0.39, 0.29) is 5.16 Å². The van der Waals surface area contributed by atoms with E-state index in [1.807, 2.05) is 12.4 Å². The Bertz CT molecular complexity index is 1010. The van der Waals surface area contributed by atoms with Gasteiger partial charge in [-0.2, -0.15) is 5.10 Å². The smallest absolute Gasteiger partial charge is 0.227 e. The molecule has 0 unspecified atom stereocenters. The summed E-state index contributed by atoms with van der Waals surface area (Å²) in [6, 6.07) is 3.41. The topological polar surface area (TPSA) is 102 Å². The molecule has 0 aromatic carbocycles. The van der Waals surface area contributed by atoms with Gasteiger partial charge in [-0.1, -0.05) is 6.42 Å². The van der Waals surface area contributed by atoms with Crippen molar-refractivity contribution in [2.75, 3.05) is 7.05 Å². The molecule has 3 heterocycles. The fourth-order valence-corrected chi connectivity index (χ4v) is 3.34. The maximum absolute atomic E-state index is 11.9. The summed E-state index contributed by atoms with van der Waals surface area (Å²) in [6.45, 7) is 0. The molecule has 8 nitrogen and oxygen atoms in total. The van der Waals surface area contributed by atoms with Crippen molar-refractivity contribution in [3.05, 3.63) is 36.3 Å². The molecular formula is C15H16N6O2S. The van der Waals surface area contributed by atoms with Gasteiger partial charge in [0, 0.05) is 18.0 Å². The number of nitrogens with one attached hydrogen (secondary N) is 1. The van der Waals surface area contributed by atoms with Crippen LogP contribution in [0, 0.1) is 0 Å². The van der Waals surface area contributed by atoms with E-state index in [9.17, 15) is 8.42 Å². The Morgan fingerprint density at radius 1 is 1.21 bits per heavy atom. The zero-order chi connectivity index (χ0) is 16.7. The minimum absolute atomic E-state index is 0.267. The Labute approximate surface area is 139 Å². The first-order chi connectivity index (χ1) is 11.6. The van der Waals surface area contributed by atoms with E-state index >= 15 is 0 Å². The van der Waals surface area contributed by atoms with Crippen molar-refractivity contribution in [1.29, 1.82) is 0 Å². The van der Waals surface area contributed by atoms with Gasteiger partial charge in [-0.05, 0) is 37.9 Å². The molecule has 1 saturated carbocycles. The van der Waals surface area contributed by atoms with Crippen LogP contribution in [0.15, 0.2) is 35.9 Å². The van der Waals surface area contributed by atoms with Gasteiger partial charge in [0.1, 0.15) is 0 Å². The minimum Gasteiger partial charge on any atom is -0.227 e. The summed E-state index contributed by atoms with van der Waals surface area (Å²) >= 11 is 0. The Balaban J connectivity index is 1.80. The fourth-order valence-electron chi connectivity index (χ4n) is 2.74. The fraction of sp³-hybridized carbons (Fsp3) is 0.333. The van der Waals surface area contributed by atoms with Crippen LogP contribution < -0.4 is 4.72 Å². The third kappa shape index (κ3) is 2.45. The number of nitrogens with zero attached hydrogens (tertiary/aromatic N) is 5. The Kier molecular flexibility index (Phi) is 3.54. The molecule has 9 heteroatoms. The summed E-state index contributed by atoms with van der Waals surface area (Å²) in [6.07, 6.45) is 8.65. The summed E-state index contributed by atoms with van der Waals surface area (Å²) in [5.74, 6) is 0.510. The summed E-state index contributed by atoms with van der Waals surface area (Å²) in [4.78, 5) is 12.6. The molecule has 0 spiro atoms. The maximum Gasteiger partial charge on any atom is 0.276 e. The van der Waals surface area contributed by atoms with Crippen molar-refractivity contribution in [3.63, 3.8) is 0 Å². The molecular weight excluding hydrogens is 328 g/mol. The van der Waals surface area contributed by atoms with Crippen molar-refractivity contribution in [2.45, 2.75) is 30.3 Å². The minimum atomic E-state index is -3.69. The highest BCUT2D eigenvalue weighted by Crippen LogP contribution is 2.38. The van der Waals surface area contributed by atoms with Crippen LogP contribution in [-0.4, -0.2) is 40.0 Å². The highest BCUT2D eigenvalue weighted by Gasteiger charge is 2.24.